The van der Waals surface area contributed by atoms with Crippen LogP contribution in [0.25, 0.3) is 11.0 Å². The topological polar surface area (TPSA) is 109 Å². The molecule has 1 fully saturated rings. The van der Waals surface area contributed by atoms with Gasteiger partial charge < -0.3 is 25.4 Å². The highest BCUT2D eigenvalue weighted by Crippen LogP contribution is 2.35. The molecule has 3 N–H and O–H groups in total. The fraction of sp³-hybridized carbons (Fsp3) is 0.591. The third-order valence-electron chi connectivity index (χ3n) is 5.05. The van der Waals surface area contributed by atoms with Crippen LogP contribution in [0.3, 0.4) is 0 Å². The summed E-state index contributed by atoms with van der Waals surface area (Å²) < 4.78 is 6.55. The number of nitrogens with zero attached hydrogens (tertiary/aromatic N) is 3. The van der Waals surface area contributed by atoms with Crippen LogP contribution in [-0.4, -0.2) is 58.1 Å². The summed E-state index contributed by atoms with van der Waals surface area (Å²) in [5, 5.41) is 16.7. The highest BCUT2D eigenvalue weighted by Gasteiger charge is 2.27. The largest absolute Gasteiger partial charge is 0.464 e. The Bertz CT molecular complexity index is 947. The minimum absolute atomic E-state index is 0.0551. The molecule has 0 radical (unpaired) electrons. The number of nitrogens with one attached hydrogen (secondary N) is 2. The van der Waals surface area contributed by atoms with Crippen molar-refractivity contribution in [3.05, 3.63) is 18.5 Å². The average molecular weight is 432 g/mol. The monoisotopic (exact) mass is 431 g/mol. The van der Waals surface area contributed by atoms with Gasteiger partial charge in [-0.1, -0.05) is 13.8 Å². The lowest BCUT2D eigenvalue weighted by Gasteiger charge is -2.35. The quantitative estimate of drug-likeness (QED) is 0.653. The van der Waals surface area contributed by atoms with Crippen LogP contribution in [0.15, 0.2) is 18.5 Å². The van der Waals surface area contributed by atoms with Gasteiger partial charge in [-0.3, -0.25) is 0 Å². The molecule has 1 aliphatic heterocycles. The Labute approximate surface area is 182 Å². The van der Waals surface area contributed by atoms with Crippen LogP contribution in [-0.2, 0) is 4.74 Å². The molecule has 0 spiro atoms. The first kappa shape index (κ1) is 22.7. The number of carboxylic acid groups (broad SMARTS) is 1. The van der Waals surface area contributed by atoms with E-state index in [2.05, 4.69) is 34.4 Å². The van der Waals surface area contributed by atoms with Gasteiger partial charge in [0.2, 0.25) is 0 Å². The number of ether oxygens (including phenoxy) is 1. The lowest BCUT2D eigenvalue weighted by molar-refractivity contribution is 0.0500. The van der Waals surface area contributed by atoms with Gasteiger partial charge in [-0.05, 0) is 45.6 Å². The van der Waals surface area contributed by atoms with Crippen LogP contribution < -0.4 is 15.5 Å². The minimum atomic E-state index is -1.07. The smallest absolute Gasteiger partial charge is 0.417 e. The molecule has 170 valence electrons. The molecule has 1 unspecified atom stereocenters. The molecule has 1 saturated heterocycles. The van der Waals surface area contributed by atoms with Crippen molar-refractivity contribution < 1.29 is 19.4 Å². The molecule has 1 atom stereocenters. The highest BCUT2D eigenvalue weighted by atomic mass is 16.6. The lowest BCUT2D eigenvalue weighted by Crippen LogP contribution is -2.49. The number of amides is 1. The van der Waals surface area contributed by atoms with Gasteiger partial charge >= 0.3 is 12.2 Å². The Morgan fingerprint density at radius 1 is 1.35 bits per heavy atom. The first-order valence-electron chi connectivity index (χ1n) is 10.8. The molecular formula is C22H33N5O4. The van der Waals surface area contributed by atoms with Crippen LogP contribution >= 0.6 is 0 Å². The van der Waals surface area contributed by atoms with Gasteiger partial charge in [0.25, 0.3) is 0 Å². The maximum Gasteiger partial charge on any atom is 0.417 e. The van der Waals surface area contributed by atoms with Gasteiger partial charge in [0, 0.05) is 38.1 Å². The number of piperidine rings is 1. The molecule has 31 heavy (non-hydrogen) atoms. The summed E-state index contributed by atoms with van der Waals surface area (Å²) in [7, 11) is 0. The number of rotatable bonds is 5. The molecule has 0 bridgehead atoms. The predicted molar refractivity (Wildman–Crippen MR) is 121 cm³/mol. The zero-order chi connectivity index (χ0) is 22.8. The van der Waals surface area contributed by atoms with E-state index < -0.39 is 17.8 Å². The zero-order valence-electron chi connectivity index (χ0n) is 18.9. The number of hydrogen-bond acceptors (Lipinski definition) is 6. The second kappa shape index (κ2) is 9.03. The summed E-state index contributed by atoms with van der Waals surface area (Å²) in [4.78, 5) is 30.5. The summed E-state index contributed by atoms with van der Waals surface area (Å²) >= 11 is 0. The molecule has 0 aliphatic carbocycles. The normalized spacial score (nSPS) is 17.1. The van der Waals surface area contributed by atoms with E-state index in [4.69, 9.17) is 4.74 Å². The summed E-state index contributed by atoms with van der Waals surface area (Å²) in [6.07, 6.45) is 3.49. The van der Waals surface area contributed by atoms with E-state index in [0.29, 0.717) is 18.1 Å². The second-order valence-corrected chi connectivity index (χ2v) is 9.43. The van der Waals surface area contributed by atoms with E-state index in [1.54, 1.807) is 12.4 Å². The van der Waals surface area contributed by atoms with Crippen LogP contribution in [0.2, 0.25) is 0 Å². The summed E-state index contributed by atoms with van der Waals surface area (Å²) in [6, 6.07) is 1.85. The number of pyridine rings is 1. The van der Waals surface area contributed by atoms with Crippen LogP contribution in [0, 0.1) is 5.92 Å². The Kier molecular flexibility index (Phi) is 6.62. The van der Waals surface area contributed by atoms with Crippen LogP contribution in [0.5, 0.6) is 0 Å². The number of fused-ring (bicyclic) bond motifs is 1. The molecule has 9 nitrogen and oxygen atoms in total. The van der Waals surface area contributed by atoms with Crippen LogP contribution in [0.1, 0.15) is 47.5 Å². The average Bonchev–Trinajstić information content (AvgIpc) is 3.04. The Morgan fingerprint density at radius 2 is 2.10 bits per heavy atom. The third-order valence-corrected chi connectivity index (χ3v) is 5.05. The first-order chi connectivity index (χ1) is 14.5. The van der Waals surface area contributed by atoms with Crippen LogP contribution in [0.4, 0.5) is 21.0 Å². The van der Waals surface area contributed by atoms with Crippen molar-refractivity contribution in [2.75, 3.05) is 29.9 Å². The molecule has 0 saturated carbocycles. The molecule has 1 aliphatic rings. The van der Waals surface area contributed by atoms with Crippen molar-refractivity contribution >= 4 is 34.6 Å². The molecule has 0 aromatic carbocycles. The van der Waals surface area contributed by atoms with Gasteiger partial charge in [0.05, 0.1) is 16.8 Å². The van der Waals surface area contributed by atoms with E-state index in [1.165, 1.54) is 0 Å². The van der Waals surface area contributed by atoms with Gasteiger partial charge in [0.15, 0.2) is 5.65 Å². The highest BCUT2D eigenvalue weighted by molar-refractivity contribution is 6.04. The van der Waals surface area contributed by atoms with Crippen molar-refractivity contribution in [2.45, 2.75) is 59.1 Å². The number of carbonyl (C=O) groups excluding carboxylic acids is 1. The van der Waals surface area contributed by atoms with Crippen molar-refractivity contribution in [1.82, 2.24) is 14.9 Å². The van der Waals surface area contributed by atoms with Crippen molar-refractivity contribution in [3.63, 3.8) is 0 Å². The number of hydrogen-bond donors (Lipinski definition) is 3. The minimum Gasteiger partial charge on any atom is -0.464 e. The molecule has 3 heterocycles. The summed E-state index contributed by atoms with van der Waals surface area (Å²) in [5.41, 5.74) is 1.51. The lowest BCUT2D eigenvalue weighted by atomic mass is 10.0. The zero-order valence-corrected chi connectivity index (χ0v) is 18.9. The number of carbonyl (C=O) groups is 2. The second-order valence-electron chi connectivity index (χ2n) is 9.43. The summed E-state index contributed by atoms with van der Waals surface area (Å²) in [6.45, 7) is 11.9. The van der Waals surface area contributed by atoms with E-state index >= 15 is 0 Å². The van der Waals surface area contributed by atoms with Gasteiger partial charge in [0.1, 0.15) is 5.60 Å². The van der Waals surface area contributed by atoms with Gasteiger partial charge in [-0.2, -0.15) is 0 Å². The van der Waals surface area contributed by atoms with Crippen molar-refractivity contribution in [2.24, 2.45) is 5.92 Å². The van der Waals surface area contributed by atoms with Crippen molar-refractivity contribution in [1.29, 1.82) is 0 Å². The molecule has 2 aromatic rings. The fourth-order valence-corrected chi connectivity index (χ4v) is 3.78. The maximum absolute atomic E-state index is 12.2. The van der Waals surface area contributed by atoms with E-state index in [9.17, 15) is 14.7 Å². The number of aromatic nitrogens is 2. The van der Waals surface area contributed by atoms with Gasteiger partial charge in [-0.25, -0.2) is 19.1 Å². The van der Waals surface area contributed by atoms with E-state index in [1.807, 2.05) is 26.8 Å². The number of alkyl carbamates (subject to hydrolysis) is 1. The van der Waals surface area contributed by atoms with E-state index in [-0.39, 0.29) is 6.04 Å². The summed E-state index contributed by atoms with van der Waals surface area (Å²) in [5.74, 6) is 0.403. The Hall–Kier alpha value is -2.97. The van der Waals surface area contributed by atoms with E-state index in [0.717, 1.165) is 47.3 Å². The SMILES string of the molecule is CC(C)CNc1cn(C(=O)O)c2nccc(N3CCCC(NC(=O)OC(C)(C)C)C3)c12. The maximum atomic E-state index is 12.2. The molecule has 9 heteroatoms. The fourth-order valence-electron chi connectivity index (χ4n) is 3.78. The number of anilines is 2. The Balaban J connectivity index is 1.89. The Morgan fingerprint density at radius 3 is 2.74 bits per heavy atom. The molecule has 2 aromatic heterocycles. The first-order valence-corrected chi connectivity index (χ1v) is 10.8. The third kappa shape index (κ3) is 5.59. The molecular weight excluding hydrogens is 398 g/mol. The van der Waals surface area contributed by atoms with Crippen molar-refractivity contribution in [3.8, 4) is 0 Å². The molecule has 1 amide bonds. The standard InChI is InChI=1S/C22H33N5O4/c1-14(2)11-24-16-13-27(21(29)30)19-18(16)17(8-9-23-19)26-10-6-7-15(12-26)25-20(28)31-22(3,4)5/h8-9,13-15,24H,6-7,10-12H2,1-5H3,(H,25,28)(H,29,30). The van der Waals surface area contributed by atoms with Gasteiger partial charge in [-0.15, -0.1) is 0 Å². The predicted octanol–water partition coefficient (Wildman–Crippen LogP) is 4.12. The molecule has 3 rings (SSSR count).